The van der Waals surface area contributed by atoms with Crippen LogP contribution in [0.15, 0.2) is 180 Å². The van der Waals surface area contributed by atoms with Crippen LogP contribution in [0.4, 0.5) is 17.1 Å². The maximum absolute atomic E-state index is 6.71. The smallest absolute Gasteiger partial charge is 0.143 e. The summed E-state index contributed by atoms with van der Waals surface area (Å²) in [4.78, 5) is 2.42. The second kappa shape index (κ2) is 11.3. The molecule has 0 spiro atoms. The molecule has 242 valence electrons. The highest BCUT2D eigenvalue weighted by Crippen LogP contribution is 2.54. The lowest BCUT2D eigenvalue weighted by Gasteiger charge is -2.29. The molecule has 51 heavy (non-hydrogen) atoms. The van der Waals surface area contributed by atoms with Crippen LogP contribution in [-0.2, 0) is 5.41 Å². The van der Waals surface area contributed by atoms with Gasteiger partial charge in [-0.25, -0.2) is 0 Å². The van der Waals surface area contributed by atoms with Crippen molar-refractivity contribution in [3.05, 3.63) is 187 Å². The molecule has 9 aromatic rings. The van der Waals surface area contributed by atoms with E-state index >= 15 is 0 Å². The minimum Gasteiger partial charge on any atom is -0.455 e. The summed E-state index contributed by atoms with van der Waals surface area (Å²) in [5.74, 6) is 0. The lowest BCUT2D eigenvalue weighted by atomic mass is 9.82. The predicted octanol–water partition coefficient (Wildman–Crippen LogP) is 13.8. The number of rotatable bonds is 5. The van der Waals surface area contributed by atoms with E-state index in [9.17, 15) is 0 Å². The van der Waals surface area contributed by atoms with Gasteiger partial charge < -0.3 is 9.32 Å². The van der Waals surface area contributed by atoms with Gasteiger partial charge in [-0.1, -0.05) is 153 Å². The lowest BCUT2D eigenvalue weighted by molar-refractivity contribution is 0.660. The molecule has 0 atom stereocenters. The van der Waals surface area contributed by atoms with E-state index in [4.69, 9.17) is 4.42 Å². The lowest BCUT2D eigenvalue weighted by Crippen LogP contribution is -2.16. The Balaban J connectivity index is 1.13. The quantitative estimate of drug-likeness (QED) is 0.184. The van der Waals surface area contributed by atoms with E-state index in [1.165, 1.54) is 44.5 Å². The molecule has 1 aliphatic rings. The second-order valence-electron chi connectivity index (χ2n) is 14.1. The fourth-order valence-corrected chi connectivity index (χ4v) is 8.33. The molecule has 0 bridgehead atoms. The number of furan rings is 1. The summed E-state index contributed by atoms with van der Waals surface area (Å²) in [7, 11) is 0. The van der Waals surface area contributed by atoms with Crippen LogP contribution in [0.2, 0.25) is 0 Å². The van der Waals surface area contributed by atoms with E-state index in [-0.39, 0.29) is 5.41 Å². The van der Waals surface area contributed by atoms with Crippen molar-refractivity contribution in [2.45, 2.75) is 19.3 Å². The van der Waals surface area contributed by atoms with E-state index in [1.54, 1.807) is 0 Å². The number of hydrogen-bond acceptors (Lipinski definition) is 2. The maximum Gasteiger partial charge on any atom is 0.143 e. The summed E-state index contributed by atoms with van der Waals surface area (Å²) in [6, 6.07) is 63.5. The molecular weight excluding hydrogens is 619 g/mol. The molecular formula is C49H35NO. The number of anilines is 3. The third kappa shape index (κ3) is 4.57. The minimum absolute atomic E-state index is 0.0920. The number of fused-ring (bicyclic) bond motifs is 8. The Morgan fingerprint density at radius 2 is 1.00 bits per heavy atom. The number of nitrogens with zero attached hydrogens (tertiary/aromatic N) is 1. The summed E-state index contributed by atoms with van der Waals surface area (Å²) in [5, 5.41) is 4.61. The van der Waals surface area contributed by atoms with E-state index in [1.807, 2.05) is 0 Å². The van der Waals surface area contributed by atoms with Crippen molar-refractivity contribution >= 4 is 49.8 Å². The van der Waals surface area contributed by atoms with Crippen molar-refractivity contribution in [3.63, 3.8) is 0 Å². The first kappa shape index (κ1) is 29.5. The number of para-hydroxylation sites is 1. The third-order valence-electron chi connectivity index (χ3n) is 10.9. The van der Waals surface area contributed by atoms with Gasteiger partial charge in [0.2, 0.25) is 0 Å². The van der Waals surface area contributed by atoms with Crippen LogP contribution in [0.25, 0.3) is 66.1 Å². The number of benzene rings is 8. The van der Waals surface area contributed by atoms with Crippen molar-refractivity contribution in [3.8, 4) is 33.4 Å². The first-order valence-electron chi connectivity index (χ1n) is 17.7. The first-order valence-corrected chi connectivity index (χ1v) is 17.7. The molecule has 2 nitrogen and oxygen atoms in total. The fourth-order valence-electron chi connectivity index (χ4n) is 8.33. The molecule has 0 saturated heterocycles. The van der Waals surface area contributed by atoms with Gasteiger partial charge in [0.05, 0.1) is 5.69 Å². The van der Waals surface area contributed by atoms with E-state index in [0.717, 1.165) is 49.8 Å². The van der Waals surface area contributed by atoms with Gasteiger partial charge in [0, 0.05) is 44.1 Å². The highest BCUT2D eigenvalue weighted by atomic mass is 16.3. The normalized spacial score (nSPS) is 13.1. The Morgan fingerprint density at radius 1 is 0.412 bits per heavy atom. The van der Waals surface area contributed by atoms with Gasteiger partial charge in [0.15, 0.2) is 0 Å². The van der Waals surface area contributed by atoms with Crippen LogP contribution < -0.4 is 4.90 Å². The molecule has 10 rings (SSSR count). The summed E-state index contributed by atoms with van der Waals surface area (Å²) < 4.78 is 6.71. The van der Waals surface area contributed by atoms with Crippen molar-refractivity contribution in [1.82, 2.24) is 0 Å². The Morgan fingerprint density at radius 3 is 1.80 bits per heavy atom. The monoisotopic (exact) mass is 653 g/mol. The highest BCUT2D eigenvalue weighted by molar-refractivity contribution is 6.17. The molecule has 0 unspecified atom stereocenters. The fraction of sp³-hybridized carbons (Fsp3) is 0.0612. The zero-order valence-corrected chi connectivity index (χ0v) is 28.6. The minimum atomic E-state index is -0.0920. The van der Waals surface area contributed by atoms with Crippen molar-refractivity contribution in [2.75, 3.05) is 4.90 Å². The van der Waals surface area contributed by atoms with Gasteiger partial charge >= 0.3 is 0 Å². The molecule has 0 amide bonds. The maximum atomic E-state index is 6.71. The molecule has 1 aliphatic carbocycles. The standard InChI is InChI=1S/C49H35NO/c1-49(2)43-19-9-8-16-42(43)46-44(49)20-11-21-45(46)50(36-27-22-33(23-28-36)32-12-4-3-5-13-32)37-29-24-35(25-30-37)39-17-10-18-40-41-31-26-34-14-6-7-15-38(34)48(41)51-47(39)40/h3-31H,1-2H3. The Labute approximate surface area is 297 Å². The molecule has 0 aliphatic heterocycles. The zero-order chi connectivity index (χ0) is 34.1. The van der Waals surface area contributed by atoms with Crippen molar-refractivity contribution < 1.29 is 4.42 Å². The number of hydrogen-bond donors (Lipinski definition) is 0. The van der Waals surface area contributed by atoms with Gasteiger partial charge in [0.25, 0.3) is 0 Å². The molecule has 0 N–H and O–H groups in total. The largest absolute Gasteiger partial charge is 0.455 e. The summed E-state index contributed by atoms with van der Waals surface area (Å²) in [5.41, 5.74) is 15.1. The van der Waals surface area contributed by atoms with Crippen LogP contribution >= 0.6 is 0 Å². The molecule has 8 aromatic carbocycles. The molecule has 0 radical (unpaired) electrons. The molecule has 0 fully saturated rings. The third-order valence-corrected chi connectivity index (χ3v) is 10.9. The van der Waals surface area contributed by atoms with Gasteiger partial charge in [-0.15, -0.1) is 0 Å². The van der Waals surface area contributed by atoms with Gasteiger partial charge in [0.1, 0.15) is 11.2 Å². The van der Waals surface area contributed by atoms with Crippen LogP contribution in [0, 0.1) is 0 Å². The van der Waals surface area contributed by atoms with E-state index in [0.29, 0.717) is 0 Å². The van der Waals surface area contributed by atoms with Gasteiger partial charge in [-0.3, -0.25) is 0 Å². The molecule has 1 heterocycles. The van der Waals surface area contributed by atoms with Gasteiger partial charge in [-0.2, -0.15) is 0 Å². The van der Waals surface area contributed by atoms with E-state index in [2.05, 4.69) is 195 Å². The summed E-state index contributed by atoms with van der Waals surface area (Å²) in [6.45, 7) is 4.69. The zero-order valence-electron chi connectivity index (χ0n) is 28.6. The van der Waals surface area contributed by atoms with Gasteiger partial charge in [-0.05, 0) is 75.2 Å². The highest BCUT2D eigenvalue weighted by Gasteiger charge is 2.37. The van der Waals surface area contributed by atoms with E-state index < -0.39 is 0 Å². The molecule has 1 aromatic heterocycles. The van der Waals surface area contributed by atoms with Crippen LogP contribution in [0.3, 0.4) is 0 Å². The average Bonchev–Trinajstić information content (AvgIpc) is 3.69. The van der Waals surface area contributed by atoms with Crippen molar-refractivity contribution in [1.29, 1.82) is 0 Å². The first-order chi connectivity index (χ1) is 25.1. The van der Waals surface area contributed by atoms with Crippen molar-refractivity contribution in [2.24, 2.45) is 0 Å². The SMILES string of the molecule is CC1(C)c2ccccc2-c2c(N(c3ccc(-c4ccccc4)cc3)c3ccc(-c4cccc5c4oc4c6ccccc6ccc54)cc3)cccc21. The average molecular weight is 654 g/mol. The second-order valence-corrected chi connectivity index (χ2v) is 14.1. The Bertz CT molecular complexity index is 2750. The summed E-state index contributed by atoms with van der Waals surface area (Å²) >= 11 is 0. The van der Waals surface area contributed by atoms with Crippen LogP contribution in [0.5, 0.6) is 0 Å². The van der Waals surface area contributed by atoms with Crippen LogP contribution in [0.1, 0.15) is 25.0 Å². The topological polar surface area (TPSA) is 16.4 Å². The Hall–Kier alpha value is -6.38. The van der Waals surface area contributed by atoms with Crippen LogP contribution in [-0.4, -0.2) is 0 Å². The molecule has 0 saturated carbocycles. The molecule has 2 heteroatoms. The predicted molar refractivity (Wildman–Crippen MR) is 214 cm³/mol. The summed E-state index contributed by atoms with van der Waals surface area (Å²) in [6.07, 6.45) is 0. The Kier molecular flexibility index (Phi) is 6.56.